The number of aromatic amines is 2. The molecule has 14 heteroatoms. The Morgan fingerprint density at radius 1 is 0.567 bits per heavy atom. The maximum absolute atomic E-state index is 12.1. The number of nitrogens with zero attached hydrogens (tertiary/aromatic N) is 2. The first-order valence-electron chi connectivity index (χ1n) is 19.3. The van der Waals surface area contributed by atoms with Crippen molar-refractivity contribution in [2.24, 2.45) is 0 Å². The van der Waals surface area contributed by atoms with Crippen LogP contribution in [-0.4, -0.2) is 62.0 Å². The summed E-state index contributed by atoms with van der Waals surface area (Å²) in [6, 6.07) is 34.6. The number of rotatable bonds is 4. The molecule has 2 amide bonds. The van der Waals surface area contributed by atoms with Crippen molar-refractivity contribution in [3.63, 3.8) is 0 Å². The number of aromatic nitrogens is 4. The summed E-state index contributed by atoms with van der Waals surface area (Å²) in [5.41, 5.74) is 13.2. The Morgan fingerprint density at radius 3 is 1.65 bits per heavy atom. The molecule has 6 heterocycles. The molecule has 10 nitrogen and oxygen atoms in total. The van der Waals surface area contributed by atoms with Gasteiger partial charge >= 0.3 is 7.12 Å². The maximum atomic E-state index is 12.1. The fraction of sp³-hybridized carbons (Fsp3) is 0.130. The molecule has 0 aliphatic carbocycles. The lowest BCUT2D eigenvalue weighted by Crippen LogP contribution is -2.31. The Balaban J connectivity index is 0.000000137. The number of halogens is 3. The summed E-state index contributed by atoms with van der Waals surface area (Å²) in [5.74, 6) is -0.0443. The molecule has 0 saturated heterocycles. The van der Waals surface area contributed by atoms with E-state index >= 15 is 0 Å². The van der Waals surface area contributed by atoms with Gasteiger partial charge in [0.1, 0.15) is 5.15 Å². The van der Waals surface area contributed by atoms with Gasteiger partial charge in [0.2, 0.25) is 0 Å². The minimum absolute atomic E-state index is 0.0211. The van der Waals surface area contributed by atoms with E-state index in [4.69, 9.17) is 49.8 Å². The monoisotopic (exact) mass is 854 g/mol. The molecule has 60 heavy (non-hydrogen) atoms. The second-order valence-corrected chi connectivity index (χ2v) is 15.8. The van der Waals surface area contributed by atoms with Crippen LogP contribution in [0.2, 0.25) is 15.2 Å². The largest absolute Gasteiger partial charge is 0.488 e. The van der Waals surface area contributed by atoms with Gasteiger partial charge in [0.05, 0.1) is 27.9 Å². The lowest BCUT2D eigenvalue weighted by molar-refractivity contribution is 0.0937. The zero-order valence-electron chi connectivity index (χ0n) is 32.5. The van der Waals surface area contributed by atoms with E-state index < -0.39 is 7.12 Å². The molecule has 8 aromatic rings. The van der Waals surface area contributed by atoms with E-state index in [0.717, 1.165) is 102 Å². The number of hydrogen-bond donors (Lipinski definition) is 6. The molecule has 2 aliphatic rings. The van der Waals surface area contributed by atoms with Gasteiger partial charge in [-0.1, -0.05) is 95.0 Å². The van der Waals surface area contributed by atoms with Crippen LogP contribution in [0.25, 0.3) is 55.6 Å². The summed E-state index contributed by atoms with van der Waals surface area (Å²) in [5, 5.41) is 27.1. The molecule has 2 aliphatic heterocycles. The average Bonchev–Trinajstić information content (AvgIpc) is 3.89. The van der Waals surface area contributed by atoms with Crippen molar-refractivity contribution in [1.82, 2.24) is 30.6 Å². The lowest BCUT2D eigenvalue weighted by atomic mass is 9.77. The van der Waals surface area contributed by atoms with E-state index in [9.17, 15) is 9.59 Å². The summed E-state index contributed by atoms with van der Waals surface area (Å²) in [6.07, 6.45) is 1.63. The van der Waals surface area contributed by atoms with Crippen LogP contribution in [0.1, 0.15) is 43.2 Å². The fourth-order valence-electron chi connectivity index (χ4n) is 7.49. The van der Waals surface area contributed by atoms with Gasteiger partial charge in [-0.25, -0.2) is 9.97 Å². The lowest BCUT2D eigenvalue weighted by Gasteiger charge is -2.11. The van der Waals surface area contributed by atoms with Crippen LogP contribution < -0.4 is 16.1 Å². The molecule has 300 valence electrons. The number of carbonyl (C=O) groups is 2. The first kappa shape index (κ1) is 40.8. The number of fused-ring (bicyclic) bond motifs is 4. The zero-order valence-corrected chi connectivity index (χ0v) is 34.8. The van der Waals surface area contributed by atoms with Crippen LogP contribution in [0.15, 0.2) is 109 Å². The summed E-state index contributed by atoms with van der Waals surface area (Å²) in [7, 11) is -1.44. The molecular formula is C46H38BCl3N6O4. The third-order valence-electron chi connectivity index (χ3n) is 10.6. The minimum atomic E-state index is -1.44. The molecule has 10 rings (SSSR count). The zero-order chi connectivity index (χ0) is 42.1. The minimum Gasteiger partial charge on any atom is -0.423 e. The maximum Gasteiger partial charge on any atom is 0.488 e. The highest BCUT2D eigenvalue weighted by Crippen LogP contribution is 2.33. The van der Waals surface area contributed by atoms with Crippen molar-refractivity contribution in [1.29, 1.82) is 0 Å². The predicted molar refractivity (Wildman–Crippen MR) is 241 cm³/mol. The summed E-state index contributed by atoms with van der Waals surface area (Å²) in [4.78, 5) is 40.2. The first-order chi connectivity index (χ1) is 28.9. The number of carbonyl (C=O) groups excluding carboxylic acids is 2. The number of H-pyrrole nitrogens is 2. The first-order valence-corrected chi connectivity index (χ1v) is 20.4. The smallest absolute Gasteiger partial charge is 0.423 e. The molecule has 0 bridgehead atoms. The van der Waals surface area contributed by atoms with E-state index in [0.29, 0.717) is 33.8 Å². The van der Waals surface area contributed by atoms with E-state index in [1.165, 1.54) is 0 Å². The van der Waals surface area contributed by atoms with Gasteiger partial charge in [-0.2, -0.15) is 0 Å². The fourth-order valence-corrected chi connectivity index (χ4v) is 7.99. The van der Waals surface area contributed by atoms with Crippen LogP contribution in [0, 0.1) is 13.8 Å². The predicted octanol–water partition coefficient (Wildman–Crippen LogP) is 8.64. The van der Waals surface area contributed by atoms with Crippen molar-refractivity contribution in [2.75, 3.05) is 13.1 Å². The van der Waals surface area contributed by atoms with Gasteiger partial charge in [-0.15, -0.1) is 0 Å². The van der Waals surface area contributed by atoms with E-state index in [2.05, 4.69) is 44.6 Å². The molecule has 0 saturated carbocycles. The van der Waals surface area contributed by atoms with E-state index in [1.54, 1.807) is 31.2 Å². The summed E-state index contributed by atoms with van der Waals surface area (Å²) < 4.78 is 0. The van der Waals surface area contributed by atoms with E-state index in [1.807, 2.05) is 72.8 Å². The molecule has 0 atom stereocenters. The summed E-state index contributed by atoms with van der Waals surface area (Å²) in [6.45, 7) is 5.19. The number of amides is 2. The van der Waals surface area contributed by atoms with Gasteiger partial charge < -0.3 is 30.6 Å². The SMILES string of the molecule is Cc1ccc(Cl)cc1-c1ccc2cccc(-c3cc4c([nH]3)CCNC4=O)c2n1.Cc1ccc(Cl)cc1B(O)O.O=C1NCCc2[nH]c(-c3cccc4ccc(Cl)nc34)cc21. The molecule has 0 fully saturated rings. The Kier molecular flexibility index (Phi) is 11.8. The second-order valence-electron chi connectivity index (χ2n) is 14.6. The van der Waals surface area contributed by atoms with Gasteiger partial charge in [0, 0.05) is 86.2 Å². The highest BCUT2D eigenvalue weighted by Gasteiger charge is 2.22. The molecule has 4 aromatic carbocycles. The van der Waals surface area contributed by atoms with Crippen molar-refractivity contribution in [3.05, 3.63) is 158 Å². The van der Waals surface area contributed by atoms with Crippen LogP contribution in [-0.2, 0) is 12.8 Å². The highest BCUT2D eigenvalue weighted by atomic mass is 35.5. The molecule has 6 N–H and O–H groups in total. The molecule has 0 spiro atoms. The molecule has 0 radical (unpaired) electrons. The Labute approximate surface area is 361 Å². The van der Waals surface area contributed by atoms with Crippen molar-refractivity contribution in [3.8, 4) is 33.8 Å². The Hall–Kier alpha value is -5.95. The highest BCUT2D eigenvalue weighted by molar-refractivity contribution is 6.59. The normalized spacial score (nSPS) is 13.0. The quantitative estimate of drug-likeness (QED) is 0.0769. The summed E-state index contributed by atoms with van der Waals surface area (Å²) >= 11 is 17.9. The van der Waals surface area contributed by atoms with Crippen molar-refractivity contribution < 1.29 is 19.6 Å². The van der Waals surface area contributed by atoms with Gasteiger partial charge in [0.15, 0.2) is 0 Å². The third kappa shape index (κ3) is 8.54. The van der Waals surface area contributed by atoms with Crippen molar-refractivity contribution >= 4 is 81.0 Å². The number of nitrogens with one attached hydrogen (secondary N) is 4. The standard InChI is InChI=1S/C23H18ClN3O.C16H12ClN3O.C7H8BClO2/c1-13-5-7-15(24)11-17(13)19-8-6-14-3-2-4-16(22(14)27-19)21-12-18-20(26-21)9-10-25-23(18)28;17-14-5-4-9-2-1-3-10(15(9)20-14)13-8-11-12(19-13)6-7-18-16(11)21;1-5-2-3-6(9)4-7(5)8(10)11/h2-8,11-12,26H,9-10H2,1H3,(H,25,28);1-5,8,19H,6-7H2,(H,18,21);2-4,10-11H,1H3. The van der Waals surface area contributed by atoms with Crippen LogP contribution >= 0.6 is 34.8 Å². The third-order valence-corrected chi connectivity index (χ3v) is 11.3. The molecule has 0 unspecified atom stereocenters. The Bertz CT molecular complexity index is 2950. The number of para-hydroxylation sites is 2. The van der Waals surface area contributed by atoms with Crippen LogP contribution in [0.5, 0.6) is 0 Å². The average molecular weight is 856 g/mol. The number of pyridine rings is 2. The number of benzene rings is 4. The molecular weight excluding hydrogens is 818 g/mol. The van der Waals surface area contributed by atoms with E-state index in [-0.39, 0.29) is 11.8 Å². The topological polar surface area (TPSA) is 156 Å². The number of aryl methyl sites for hydroxylation is 2. The van der Waals surface area contributed by atoms with Gasteiger partial charge in [0.25, 0.3) is 11.8 Å². The number of hydrogen-bond acceptors (Lipinski definition) is 6. The van der Waals surface area contributed by atoms with Crippen LogP contribution in [0.4, 0.5) is 0 Å². The van der Waals surface area contributed by atoms with Crippen LogP contribution in [0.3, 0.4) is 0 Å². The van der Waals surface area contributed by atoms with Gasteiger partial charge in [-0.05, 0) is 79.5 Å². The second kappa shape index (κ2) is 17.3. The van der Waals surface area contributed by atoms with Gasteiger partial charge in [-0.3, -0.25) is 9.59 Å². The molecule has 4 aromatic heterocycles. The van der Waals surface area contributed by atoms with Crippen molar-refractivity contribution in [2.45, 2.75) is 26.7 Å². The Morgan fingerprint density at radius 2 is 1.10 bits per heavy atom.